The van der Waals surface area contributed by atoms with Crippen molar-refractivity contribution in [2.24, 2.45) is 11.8 Å². The summed E-state index contributed by atoms with van der Waals surface area (Å²) >= 11 is 0. The van der Waals surface area contributed by atoms with Crippen LogP contribution in [0.25, 0.3) is 5.69 Å². The van der Waals surface area contributed by atoms with Crippen LogP contribution in [0.5, 0.6) is 0 Å². The molecular weight excluding hydrogens is 475 g/mol. The summed E-state index contributed by atoms with van der Waals surface area (Å²) in [6.07, 6.45) is 4.93. The number of carbonyl (C=O) groups excluding carboxylic acids is 2. The second kappa shape index (κ2) is 10.9. The molecule has 8 nitrogen and oxygen atoms in total. The van der Waals surface area contributed by atoms with E-state index in [1.165, 1.54) is 40.0 Å². The number of amides is 2. The molecule has 2 aromatic carbocycles. The van der Waals surface area contributed by atoms with Gasteiger partial charge in [0, 0.05) is 29.4 Å². The van der Waals surface area contributed by atoms with E-state index in [2.05, 4.69) is 17.3 Å². The molecule has 3 aromatic rings. The summed E-state index contributed by atoms with van der Waals surface area (Å²) in [5, 5.41) is 17.1. The number of halogens is 1. The molecule has 1 aliphatic rings. The van der Waals surface area contributed by atoms with E-state index in [0.29, 0.717) is 22.9 Å². The lowest BCUT2D eigenvalue weighted by atomic mass is 9.82. The van der Waals surface area contributed by atoms with E-state index >= 15 is 0 Å². The fourth-order valence-corrected chi connectivity index (χ4v) is 4.64. The van der Waals surface area contributed by atoms with E-state index in [1.54, 1.807) is 24.3 Å². The maximum absolute atomic E-state index is 13.5. The first-order valence-electron chi connectivity index (χ1n) is 12.5. The molecule has 0 unspecified atom stereocenters. The summed E-state index contributed by atoms with van der Waals surface area (Å²) in [6.45, 7) is 5.89. The van der Waals surface area contributed by atoms with Gasteiger partial charge in [0.15, 0.2) is 5.82 Å². The molecule has 1 aliphatic carbocycles. The number of carboxylic acids is 1. The molecule has 0 bridgehead atoms. The normalized spacial score (nSPS) is 17.4. The Kier molecular flexibility index (Phi) is 7.71. The van der Waals surface area contributed by atoms with Crippen molar-refractivity contribution in [3.8, 4) is 5.69 Å². The SMILES string of the molecule is CC1CCC(C(=O)N(c2nn(-c3ccc(NC(=O)c4ccc(F)cc4)cc3)cc2C(=O)O)C(C)C)CC1. The van der Waals surface area contributed by atoms with Gasteiger partial charge in [0.05, 0.1) is 5.69 Å². The van der Waals surface area contributed by atoms with Crippen LogP contribution in [0.2, 0.25) is 0 Å². The summed E-state index contributed by atoms with van der Waals surface area (Å²) in [4.78, 5) is 39.5. The molecule has 4 rings (SSSR count). The first-order chi connectivity index (χ1) is 17.6. The Morgan fingerprint density at radius 2 is 1.65 bits per heavy atom. The third-order valence-electron chi connectivity index (χ3n) is 6.77. The Bertz CT molecular complexity index is 1280. The number of hydrogen-bond acceptors (Lipinski definition) is 4. The number of carboxylic acid groups (broad SMARTS) is 1. The van der Waals surface area contributed by atoms with Gasteiger partial charge in [0.1, 0.15) is 11.4 Å². The third-order valence-corrected chi connectivity index (χ3v) is 6.77. The van der Waals surface area contributed by atoms with Crippen molar-refractivity contribution in [1.82, 2.24) is 9.78 Å². The first-order valence-corrected chi connectivity index (χ1v) is 12.5. The Labute approximate surface area is 215 Å². The number of rotatable bonds is 7. The van der Waals surface area contributed by atoms with Crippen LogP contribution in [-0.4, -0.2) is 38.7 Å². The van der Waals surface area contributed by atoms with Crippen LogP contribution in [-0.2, 0) is 4.79 Å². The second-order valence-electron chi connectivity index (χ2n) is 9.88. The van der Waals surface area contributed by atoms with Gasteiger partial charge >= 0.3 is 5.97 Å². The molecule has 0 atom stereocenters. The van der Waals surface area contributed by atoms with Crippen molar-refractivity contribution >= 4 is 29.3 Å². The van der Waals surface area contributed by atoms with Gasteiger partial charge in [-0.25, -0.2) is 13.9 Å². The van der Waals surface area contributed by atoms with E-state index in [-0.39, 0.29) is 35.2 Å². The fourth-order valence-electron chi connectivity index (χ4n) is 4.64. The summed E-state index contributed by atoms with van der Waals surface area (Å²) in [5.41, 5.74) is 1.34. The predicted molar refractivity (Wildman–Crippen MR) is 139 cm³/mol. The molecule has 1 heterocycles. The highest BCUT2D eigenvalue weighted by Gasteiger charge is 2.34. The number of benzene rings is 2. The standard InChI is InChI=1S/C28H31FN4O4/c1-17(2)33(27(35)20-6-4-18(3)5-7-20)25-24(28(36)37)16-32(31-25)23-14-12-22(13-15-23)30-26(34)19-8-10-21(29)11-9-19/h8-18,20H,4-7H2,1-3H3,(H,30,34)(H,36,37). The van der Waals surface area contributed by atoms with E-state index in [0.717, 1.165) is 25.7 Å². The van der Waals surface area contributed by atoms with Crippen molar-refractivity contribution < 1.29 is 23.9 Å². The maximum Gasteiger partial charge on any atom is 0.341 e. The zero-order chi connectivity index (χ0) is 26.7. The number of aromatic carboxylic acids is 1. The van der Waals surface area contributed by atoms with Crippen molar-refractivity contribution in [3.05, 3.63) is 71.7 Å². The van der Waals surface area contributed by atoms with E-state index < -0.39 is 11.8 Å². The second-order valence-corrected chi connectivity index (χ2v) is 9.88. The average Bonchev–Trinajstić information content (AvgIpc) is 3.30. The number of aromatic nitrogens is 2. The molecule has 0 radical (unpaired) electrons. The largest absolute Gasteiger partial charge is 0.477 e. The van der Waals surface area contributed by atoms with Crippen molar-refractivity contribution in [3.63, 3.8) is 0 Å². The number of nitrogens with zero attached hydrogens (tertiary/aromatic N) is 3. The van der Waals surface area contributed by atoms with Crippen LogP contribution < -0.4 is 10.2 Å². The molecule has 2 N–H and O–H groups in total. The highest BCUT2D eigenvalue weighted by molar-refractivity contribution is 6.04. The molecule has 194 valence electrons. The number of hydrogen-bond donors (Lipinski definition) is 2. The van der Waals surface area contributed by atoms with Crippen LogP contribution in [0.1, 0.15) is 67.2 Å². The average molecular weight is 507 g/mol. The Morgan fingerprint density at radius 3 is 2.22 bits per heavy atom. The van der Waals surface area contributed by atoms with Crippen LogP contribution >= 0.6 is 0 Å². The minimum Gasteiger partial charge on any atom is -0.477 e. The molecular formula is C28H31FN4O4. The summed E-state index contributed by atoms with van der Waals surface area (Å²) in [7, 11) is 0. The smallest absolute Gasteiger partial charge is 0.341 e. The van der Waals surface area contributed by atoms with Gasteiger partial charge in [-0.05, 0) is 94.0 Å². The van der Waals surface area contributed by atoms with Crippen molar-refractivity contribution in [2.75, 3.05) is 10.2 Å². The van der Waals surface area contributed by atoms with Gasteiger partial charge in [0.2, 0.25) is 5.91 Å². The lowest BCUT2D eigenvalue weighted by Gasteiger charge is -2.32. The predicted octanol–water partition coefficient (Wildman–Crippen LogP) is 5.53. The van der Waals surface area contributed by atoms with E-state index in [4.69, 9.17) is 0 Å². The number of anilines is 2. The summed E-state index contributed by atoms with van der Waals surface area (Å²) in [5.74, 6) is -1.49. The van der Waals surface area contributed by atoms with Gasteiger partial charge in [-0.2, -0.15) is 0 Å². The first kappa shape index (κ1) is 26.1. The van der Waals surface area contributed by atoms with Gasteiger partial charge in [-0.3, -0.25) is 14.5 Å². The maximum atomic E-state index is 13.5. The van der Waals surface area contributed by atoms with Gasteiger partial charge in [0.25, 0.3) is 5.91 Å². The highest BCUT2D eigenvalue weighted by atomic mass is 19.1. The summed E-state index contributed by atoms with van der Waals surface area (Å²) in [6, 6.07) is 11.7. The minimum atomic E-state index is -1.17. The van der Waals surface area contributed by atoms with Gasteiger partial charge in [-0.15, -0.1) is 5.10 Å². The molecule has 1 saturated carbocycles. The molecule has 0 aliphatic heterocycles. The zero-order valence-electron chi connectivity index (χ0n) is 21.1. The highest BCUT2D eigenvalue weighted by Crippen LogP contribution is 2.32. The van der Waals surface area contributed by atoms with Gasteiger partial charge < -0.3 is 10.4 Å². The van der Waals surface area contributed by atoms with Gasteiger partial charge in [-0.1, -0.05) is 6.92 Å². The Balaban J connectivity index is 1.57. The van der Waals surface area contributed by atoms with Crippen LogP contribution in [0, 0.1) is 17.7 Å². The number of nitrogens with one attached hydrogen (secondary N) is 1. The third kappa shape index (κ3) is 5.87. The zero-order valence-corrected chi connectivity index (χ0v) is 21.1. The lowest BCUT2D eigenvalue weighted by Crippen LogP contribution is -2.43. The molecule has 37 heavy (non-hydrogen) atoms. The Morgan fingerprint density at radius 1 is 1.03 bits per heavy atom. The van der Waals surface area contributed by atoms with E-state index in [9.17, 15) is 23.9 Å². The molecule has 1 fully saturated rings. The van der Waals surface area contributed by atoms with Crippen LogP contribution in [0.3, 0.4) is 0 Å². The molecule has 9 heteroatoms. The lowest BCUT2D eigenvalue weighted by molar-refractivity contribution is -0.124. The summed E-state index contributed by atoms with van der Waals surface area (Å²) < 4.78 is 14.5. The van der Waals surface area contributed by atoms with Crippen LogP contribution in [0.15, 0.2) is 54.7 Å². The number of carbonyl (C=O) groups is 3. The molecule has 0 spiro atoms. The van der Waals surface area contributed by atoms with Crippen LogP contribution in [0.4, 0.5) is 15.9 Å². The Hall–Kier alpha value is -4.01. The monoisotopic (exact) mass is 506 g/mol. The fraction of sp³-hybridized carbons (Fsp3) is 0.357. The topological polar surface area (TPSA) is 105 Å². The molecule has 1 aromatic heterocycles. The quantitative estimate of drug-likeness (QED) is 0.438. The minimum absolute atomic E-state index is 0.0556. The molecule has 0 saturated heterocycles. The van der Waals surface area contributed by atoms with Crippen molar-refractivity contribution in [2.45, 2.75) is 52.5 Å². The molecule has 2 amide bonds. The van der Waals surface area contributed by atoms with E-state index in [1.807, 2.05) is 13.8 Å². The van der Waals surface area contributed by atoms with Crippen molar-refractivity contribution in [1.29, 1.82) is 0 Å².